The molecule has 1 aliphatic heterocycles. The molecule has 0 aromatic heterocycles. The van der Waals surface area contributed by atoms with Gasteiger partial charge in [-0.15, -0.1) is 0 Å². The number of nitrogens with zero attached hydrogens (tertiary/aromatic N) is 2. The summed E-state index contributed by atoms with van der Waals surface area (Å²) in [5.41, 5.74) is 1.31. The number of likely N-dealkylation sites (tertiary alicyclic amines) is 1. The molecule has 1 aliphatic rings. The van der Waals surface area contributed by atoms with Crippen molar-refractivity contribution in [3.05, 3.63) is 84.0 Å². The number of benzene rings is 2. The van der Waals surface area contributed by atoms with Gasteiger partial charge >= 0.3 is 0 Å². The number of hydrogen-bond acceptors (Lipinski definition) is 5. The van der Waals surface area contributed by atoms with Gasteiger partial charge in [-0.3, -0.25) is 9.59 Å². The highest BCUT2D eigenvalue weighted by Crippen LogP contribution is 2.40. The molecule has 1 saturated heterocycles. The summed E-state index contributed by atoms with van der Waals surface area (Å²) in [6.07, 6.45) is 2.35. The minimum absolute atomic E-state index is 0.0990. The van der Waals surface area contributed by atoms with Crippen LogP contribution in [0.3, 0.4) is 0 Å². The number of amides is 1. The molecule has 0 saturated carbocycles. The topological polar surface area (TPSA) is 70.1 Å². The van der Waals surface area contributed by atoms with Gasteiger partial charge in [0.25, 0.3) is 11.7 Å². The van der Waals surface area contributed by atoms with Gasteiger partial charge in [-0.25, -0.2) is 0 Å². The fraction of sp³-hybridized carbons (Fsp3) is 0.280. The molecule has 162 valence electrons. The van der Waals surface area contributed by atoms with Gasteiger partial charge < -0.3 is 19.6 Å². The van der Waals surface area contributed by atoms with Gasteiger partial charge in [0.1, 0.15) is 18.1 Å². The van der Waals surface area contributed by atoms with Crippen LogP contribution in [0.25, 0.3) is 5.76 Å². The molecule has 6 heteroatoms. The van der Waals surface area contributed by atoms with Crippen molar-refractivity contribution < 1.29 is 19.4 Å². The minimum atomic E-state index is -0.686. The zero-order valence-corrected chi connectivity index (χ0v) is 18.0. The van der Waals surface area contributed by atoms with Crippen molar-refractivity contribution in [1.82, 2.24) is 9.80 Å². The number of carbonyl (C=O) groups excluding carboxylic acids is 2. The first-order chi connectivity index (χ1) is 14.9. The van der Waals surface area contributed by atoms with Crippen LogP contribution in [0, 0.1) is 0 Å². The standard InChI is InChI=1S/C25H28N2O4/c1-4-16-31-20-13-8-12-19(17-20)22-21(23(28)18-10-6-5-7-11-18)24(29)25(30)27(22)15-9-14-26(2)3/h4-8,10-13,17,22,28H,1,9,14-16H2,2-3H3/b23-21+/t22-/m1/s1. The van der Waals surface area contributed by atoms with Crippen molar-refractivity contribution in [2.75, 3.05) is 33.8 Å². The van der Waals surface area contributed by atoms with E-state index in [4.69, 9.17) is 4.74 Å². The molecular formula is C25H28N2O4. The SMILES string of the molecule is C=CCOc1cccc([C@@H]2/C(=C(\O)c3ccccc3)C(=O)C(=O)N2CCCN(C)C)c1. The zero-order valence-electron chi connectivity index (χ0n) is 18.0. The van der Waals surface area contributed by atoms with Gasteiger partial charge in [0, 0.05) is 12.1 Å². The number of ketones is 1. The Labute approximate surface area is 183 Å². The molecule has 3 rings (SSSR count). The van der Waals surface area contributed by atoms with Gasteiger partial charge in [-0.1, -0.05) is 55.1 Å². The molecule has 0 bridgehead atoms. The van der Waals surface area contributed by atoms with Crippen molar-refractivity contribution in [3.8, 4) is 5.75 Å². The smallest absolute Gasteiger partial charge is 0.295 e. The summed E-state index contributed by atoms with van der Waals surface area (Å²) in [7, 11) is 3.92. The van der Waals surface area contributed by atoms with E-state index in [9.17, 15) is 14.7 Å². The number of rotatable bonds is 9. The van der Waals surface area contributed by atoms with E-state index in [0.29, 0.717) is 36.4 Å². The minimum Gasteiger partial charge on any atom is -0.507 e. The van der Waals surface area contributed by atoms with Crippen molar-refractivity contribution in [3.63, 3.8) is 0 Å². The summed E-state index contributed by atoms with van der Waals surface area (Å²) < 4.78 is 5.65. The average molecular weight is 421 g/mol. The molecule has 2 aromatic rings. The van der Waals surface area contributed by atoms with E-state index >= 15 is 0 Å². The number of ether oxygens (including phenoxy) is 1. The van der Waals surface area contributed by atoms with Gasteiger partial charge in [0.15, 0.2) is 0 Å². The maximum absolute atomic E-state index is 13.0. The monoisotopic (exact) mass is 420 g/mol. The molecule has 0 spiro atoms. The maximum Gasteiger partial charge on any atom is 0.295 e. The van der Waals surface area contributed by atoms with Gasteiger partial charge in [-0.2, -0.15) is 0 Å². The normalized spacial score (nSPS) is 17.9. The first-order valence-corrected chi connectivity index (χ1v) is 10.3. The summed E-state index contributed by atoms with van der Waals surface area (Å²) in [4.78, 5) is 29.5. The summed E-state index contributed by atoms with van der Waals surface area (Å²) in [5.74, 6) is -0.834. The Kier molecular flexibility index (Phi) is 7.26. The second kappa shape index (κ2) is 10.1. The Morgan fingerprint density at radius 3 is 2.58 bits per heavy atom. The molecular weight excluding hydrogens is 392 g/mol. The van der Waals surface area contributed by atoms with Crippen molar-refractivity contribution in [2.45, 2.75) is 12.5 Å². The van der Waals surface area contributed by atoms with Gasteiger partial charge in [0.2, 0.25) is 0 Å². The van der Waals surface area contributed by atoms with E-state index < -0.39 is 17.7 Å². The highest BCUT2D eigenvalue weighted by Gasteiger charge is 2.45. The second-order valence-electron chi connectivity index (χ2n) is 7.69. The van der Waals surface area contributed by atoms with Crippen LogP contribution in [0.2, 0.25) is 0 Å². The lowest BCUT2D eigenvalue weighted by Gasteiger charge is -2.26. The fourth-order valence-electron chi connectivity index (χ4n) is 3.70. The largest absolute Gasteiger partial charge is 0.507 e. The van der Waals surface area contributed by atoms with Crippen LogP contribution in [0.15, 0.2) is 72.8 Å². The predicted octanol–water partition coefficient (Wildman–Crippen LogP) is 3.62. The Morgan fingerprint density at radius 2 is 1.90 bits per heavy atom. The zero-order chi connectivity index (χ0) is 22.4. The van der Waals surface area contributed by atoms with E-state index in [2.05, 4.69) is 6.58 Å². The lowest BCUT2D eigenvalue weighted by molar-refractivity contribution is -0.139. The Bertz CT molecular complexity index is 982. The molecule has 1 amide bonds. The molecule has 0 aliphatic carbocycles. The van der Waals surface area contributed by atoms with E-state index in [-0.39, 0.29) is 11.3 Å². The summed E-state index contributed by atoms with van der Waals surface area (Å²) >= 11 is 0. The van der Waals surface area contributed by atoms with Crippen LogP contribution in [-0.4, -0.2) is 60.4 Å². The van der Waals surface area contributed by atoms with Crippen LogP contribution in [0.5, 0.6) is 5.75 Å². The second-order valence-corrected chi connectivity index (χ2v) is 7.69. The number of carbonyl (C=O) groups is 2. The highest BCUT2D eigenvalue weighted by atomic mass is 16.5. The van der Waals surface area contributed by atoms with Crippen molar-refractivity contribution in [1.29, 1.82) is 0 Å². The van der Waals surface area contributed by atoms with E-state index in [1.165, 1.54) is 0 Å². The Hall–Kier alpha value is -3.38. The number of hydrogen-bond donors (Lipinski definition) is 1. The third-order valence-corrected chi connectivity index (χ3v) is 5.13. The van der Waals surface area contributed by atoms with Crippen LogP contribution < -0.4 is 4.74 Å². The molecule has 6 nitrogen and oxygen atoms in total. The van der Waals surface area contributed by atoms with Crippen LogP contribution in [0.1, 0.15) is 23.6 Å². The maximum atomic E-state index is 13.0. The molecule has 1 fully saturated rings. The Balaban J connectivity index is 2.07. The molecule has 0 unspecified atom stereocenters. The molecule has 0 radical (unpaired) electrons. The number of aliphatic hydroxyl groups excluding tert-OH is 1. The van der Waals surface area contributed by atoms with Crippen LogP contribution in [-0.2, 0) is 9.59 Å². The van der Waals surface area contributed by atoms with E-state index in [1.807, 2.05) is 43.3 Å². The first-order valence-electron chi connectivity index (χ1n) is 10.3. The van der Waals surface area contributed by atoms with E-state index in [0.717, 1.165) is 6.54 Å². The number of aliphatic hydroxyl groups is 1. The van der Waals surface area contributed by atoms with Gasteiger partial charge in [-0.05, 0) is 44.8 Å². The third kappa shape index (κ3) is 5.03. The molecule has 1 heterocycles. The Morgan fingerprint density at radius 1 is 1.16 bits per heavy atom. The number of Topliss-reactive ketones (excluding diaryl/α,β-unsaturated/α-hetero) is 1. The van der Waals surface area contributed by atoms with E-state index in [1.54, 1.807) is 41.3 Å². The molecule has 1 atom stereocenters. The molecule has 31 heavy (non-hydrogen) atoms. The predicted molar refractivity (Wildman–Crippen MR) is 121 cm³/mol. The summed E-state index contributed by atoms with van der Waals surface area (Å²) in [6, 6.07) is 15.4. The fourth-order valence-corrected chi connectivity index (χ4v) is 3.70. The lowest BCUT2D eigenvalue weighted by atomic mass is 9.95. The first kappa shape index (κ1) is 22.3. The average Bonchev–Trinajstić information content (AvgIpc) is 3.03. The quantitative estimate of drug-likeness (QED) is 0.290. The third-order valence-electron chi connectivity index (χ3n) is 5.13. The van der Waals surface area contributed by atoms with Crippen molar-refractivity contribution in [2.24, 2.45) is 0 Å². The highest BCUT2D eigenvalue weighted by molar-refractivity contribution is 6.46. The molecule has 1 N–H and O–H groups in total. The lowest BCUT2D eigenvalue weighted by Crippen LogP contribution is -2.32. The van der Waals surface area contributed by atoms with Crippen LogP contribution in [0.4, 0.5) is 0 Å². The van der Waals surface area contributed by atoms with Gasteiger partial charge in [0.05, 0.1) is 11.6 Å². The van der Waals surface area contributed by atoms with Crippen LogP contribution >= 0.6 is 0 Å². The molecule has 2 aromatic carbocycles. The van der Waals surface area contributed by atoms with Crippen molar-refractivity contribution >= 4 is 17.4 Å². The summed E-state index contributed by atoms with van der Waals surface area (Å²) in [6.45, 7) is 5.18. The summed E-state index contributed by atoms with van der Waals surface area (Å²) in [5, 5.41) is 11.0.